The fraction of sp³-hybridized carbons (Fsp3) is 0. The van der Waals surface area contributed by atoms with Crippen LogP contribution < -0.4 is 26.2 Å². The largest absolute Gasteiger partial charge is 0.454 e. The molecular formula is C87H55BN6O. The first kappa shape index (κ1) is 54.1. The third-order valence-electron chi connectivity index (χ3n) is 19.2. The smallest absolute Gasteiger partial charge is 0.252 e. The van der Waals surface area contributed by atoms with Gasteiger partial charge in [0.15, 0.2) is 23.1 Å². The lowest BCUT2D eigenvalue weighted by atomic mass is 9.33. The van der Waals surface area contributed by atoms with Crippen LogP contribution in [0.25, 0.3) is 128 Å². The average Bonchev–Trinajstić information content (AvgIpc) is 1.64. The fourth-order valence-corrected chi connectivity index (χ4v) is 15.1. The van der Waals surface area contributed by atoms with Crippen molar-refractivity contribution < 1.29 is 4.42 Å². The predicted octanol–water partition coefficient (Wildman–Crippen LogP) is 20.6. The van der Waals surface area contributed by atoms with Crippen molar-refractivity contribution in [2.75, 3.05) is 9.80 Å². The monoisotopic (exact) mass is 1210 g/mol. The second-order valence-corrected chi connectivity index (χ2v) is 24.5. The van der Waals surface area contributed by atoms with Crippen LogP contribution in [-0.2, 0) is 0 Å². The highest BCUT2D eigenvalue weighted by molar-refractivity contribution is 7.00. The molecule has 0 N–H and O–H groups in total. The zero-order valence-electron chi connectivity index (χ0n) is 51.4. The van der Waals surface area contributed by atoms with E-state index in [1.54, 1.807) is 0 Å². The van der Waals surface area contributed by atoms with Crippen molar-refractivity contribution in [1.82, 2.24) is 19.5 Å². The fourth-order valence-electron chi connectivity index (χ4n) is 15.1. The molecule has 5 heterocycles. The topological polar surface area (TPSA) is 63.2 Å². The van der Waals surface area contributed by atoms with Crippen LogP contribution in [0.15, 0.2) is 338 Å². The number of rotatable bonds is 10. The highest BCUT2D eigenvalue weighted by Crippen LogP contribution is 2.56. The molecule has 442 valence electrons. The van der Waals surface area contributed by atoms with Crippen molar-refractivity contribution in [1.29, 1.82) is 0 Å². The van der Waals surface area contributed by atoms with E-state index in [1.165, 1.54) is 10.8 Å². The van der Waals surface area contributed by atoms with Gasteiger partial charge in [-0.25, -0.2) is 15.0 Å². The summed E-state index contributed by atoms with van der Waals surface area (Å²) in [4.78, 5) is 21.2. The van der Waals surface area contributed by atoms with Crippen LogP contribution in [0.2, 0.25) is 0 Å². The Balaban J connectivity index is 0.989. The molecule has 0 fully saturated rings. The number of aromatic nitrogens is 4. The molecule has 0 saturated carbocycles. The van der Waals surface area contributed by atoms with Crippen LogP contribution in [0.1, 0.15) is 0 Å². The van der Waals surface area contributed by atoms with E-state index in [0.29, 0.717) is 17.5 Å². The van der Waals surface area contributed by atoms with Gasteiger partial charge in [0, 0.05) is 83.2 Å². The van der Waals surface area contributed by atoms with E-state index in [1.807, 2.05) is 36.4 Å². The van der Waals surface area contributed by atoms with Gasteiger partial charge in [-0.15, -0.1) is 0 Å². The second kappa shape index (κ2) is 22.0. The SMILES string of the molecule is c1ccc(-c2nc(-c3ccccc3)nc(-c3ccc4c(c3)N(c3c(-c5ccccc5)cccc3-c3ccccc3)c3cc5c(oc6ccccc65)c5c3B4c3ccc(-n4c6ccccc6c6ccccc64)cc3N5c3c(-c4ccccc4)cccc3-c3ccccc3)n2)cc1. The minimum Gasteiger partial charge on any atom is -0.454 e. The zero-order chi connectivity index (χ0) is 62.5. The number of hydrogen-bond donors (Lipinski definition) is 0. The summed E-state index contributed by atoms with van der Waals surface area (Å²) in [6, 6.07) is 120. The molecule has 2 aliphatic heterocycles. The maximum absolute atomic E-state index is 7.60. The summed E-state index contributed by atoms with van der Waals surface area (Å²) < 4.78 is 10.0. The maximum Gasteiger partial charge on any atom is 0.252 e. The van der Waals surface area contributed by atoms with E-state index in [4.69, 9.17) is 19.4 Å². The molecule has 0 aliphatic carbocycles. The van der Waals surface area contributed by atoms with E-state index < -0.39 is 0 Å². The molecule has 3 aromatic heterocycles. The van der Waals surface area contributed by atoms with Crippen LogP contribution in [0.4, 0.5) is 34.1 Å². The number of fused-ring (bicyclic) bond motifs is 11. The maximum atomic E-state index is 7.60. The van der Waals surface area contributed by atoms with Gasteiger partial charge in [0.25, 0.3) is 6.71 Å². The third-order valence-corrected chi connectivity index (χ3v) is 19.2. The van der Waals surface area contributed by atoms with Crippen molar-refractivity contribution in [2.24, 2.45) is 0 Å². The Morgan fingerprint density at radius 2 is 0.674 bits per heavy atom. The summed E-state index contributed by atoms with van der Waals surface area (Å²) in [5.41, 5.74) is 25.8. The van der Waals surface area contributed by atoms with Gasteiger partial charge in [-0.3, -0.25) is 0 Å². The van der Waals surface area contributed by atoms with Gasteiger partial charge < -0.3 is 18.8 Å². The molecule has 0 atom stereocenters. The van der Waals surface area contributed by atoms with E-state index in [-0.39, 0.29) is 6.71 Å². The molecule has 2 aliphatic rings. The third kappa shape index (κ3) is 8.72. The molecule has 95 heavy (non-hydrogen) atoms. The molecule has 0 bridgehead atoms. The van der Waals surface area contributed by atoms with Crippen LogP contribution >= 0.6 is 0 Å². The number of hydrogen-bond acceptors (Lipinski definition) is 6. The molecule has 0 radical (unpaired) electrons. The van der Waals surface area contributed by atoms with Gasteiger partial charge >= 0.3 is 0 Å². The first-order chi connectivity index (χ1) is 47.2. The Morgan fingerprint density at radius 1 is 0.274 bits per heavy atom. The van der Waals surface area contributed by atoms with Crippen molar-refractivity contribution in [3.8, 4) is 84.4 Å². The van der Waals surface area contributed by atoms with Gasteiger partial charge in [-0.2, -0.15) is 0 Å². The zero-order valence-corrected chi connectivity index (χ0v) is 51.4. The highest BCUT2D eigenvalue weighted by atomic mass is 16.3. The van der Waals surface area contributed by atoms with Gasteiger partial charge in [0.05, 0.1) is 28.1 Å². The minimum absolute atomic E-state index is 0.345. The van der Waals surface area contributed by atoms with Gasteiger partial charge in [-0.1, -0.05) is 291 Å². The summed E-state index contributed by atoms with van der Waals surface area (Å²) in [5, 5.41) is 4.42. The first-order valence-electron chi connectivity index (χ1n) is 32.4. The lowest BCUT2D eigenvalue weighted by Crippen LogP contribution is -2.61. The molecule has 8 heteroatoms. The van der Waals surface area contributed by atoms with Crippen molar-refractivity contribution in [2.45, 2.75) is 0 Å². The van der Waals surface area contributed by atoms with Gasteiger partial charge in [0.1, 0.15) is 5.58 Å². The Kier molecular flexibility index (Phi) is 12.6. The number of para-hydroxylation sites is 5. The van der Waals surface area contributed by atoms with Crippen LogP contribution in [0, 0.1) is 0 Å². The van der Waals surface area contributed by atoms with E-state index in [0.717, 1.165) is 150 Å². The quantitative estimate of drug-likeness (QED) is 0.127. The van der Waals surface area contributed by atoms with Gasteiger partial charge in [-0.05, 0) is 81.1 Å². The van der Waals surface area contributed by atoms with Crippen LogP contribution in [-0.4, -0.2) is 26.2 Å². The number of nitrogens with zero attached hydrogens (tertiary/aromatic N) is 6. The Labute approximate surface area is 549 Å². The van der Waals surface area contributed by atoms with Crippen molar-refractivity contribution in [3.63, 3.8) is 0 Å². The molecule has 0 spiro atoms. The Hall–Kier alpha value is -12.6. The summed E-state index contributed by atoms with van der Waals surface area (Å²) >= 11 is 0. The molecule has 17 aromatic rings. The number of anilines is 6. The molecule has 0 unspecified atom stereocenters. The van der Waals surface area contributed by atoms with E-state index in [2.05, 4.69) is 312 Å². The molecule has 0 amide bonds. The summed E-state index contributed by atoms with van der Waals surface area (Å²) in [6.45, 7) is -0.345. The summed E-state index contributed by atoms with van der Waals surface area (Å²) in [6.07, 6.45) is 0. The number of furan rings is 1. The Bertz CT molecular complexity index is 5630. The summed E-state index contributed by atoms with van der Waals surface area (Å²) in [5.74, 6) is 1.76. The molecule has 0 saturated heterocycles. The van der Waals surface area contributed by atoms with Crippen LogP contribution in [0.5, 0.6) is 0 Å². The lowest BCUT2D eigenvalue weighted by Gasteiger charge is -2.45. The molecule has 19 rings (SSSR count). The number of benzene rings is 14. The molecule has 14 aromatic carbocycles. The van der Waals surface area contributed by atoms with E-state index in [9.17, 15) is 0 Å². The van der Waals surface area contributed by atoms with E-state index >= 15 is 0 Å². The Morgan fingerprint density at radius 3 is 1.17 bits per heavy atom. The highest BCUT2D eigenvalue weighted by Gasteiger charge is 2.47. The van der Waals surface area contributed by atoms with Crippen LogP contribution in [0.3, 0.4) is 0 Å². The molecule has 7 nitrogen and oxygen atoms in total. The van der Waals surface area contributed by atoms with Crippen molar-refractivity contribution in [3.05, 3.63) is 334 Å². The predicted molar refractivity (Wildman–Crippen MR) is 394 cm³/mol. The minimum atomic E-state index is -0.345. The van der Waals surface area contributed by atoms with Crippen molar-refractivity contribution >= 4 is 101 Å². The molecular weight excluding hydrogens is 1160 g/mol. The first-order valence-corrected chi connectivity index (χ1v) is 32.4. The second-order valence-electron chi connectivity index (χ2n) is 24.5. The van der Waals surface area contributed by atoms with Gasteiger partial charge in [0.2, 0.25) is 0 Å². The summed E-state index contributed by atoms with van der Waals surface area (Å²) in [7, 11) is 0. The lowest BCUT2D eigenvalue weighted by molar-refractivity contribution is 0.669. The standard InChI is InChI=1S/C87H55BN6O/c1-7-27-56(28-8-1)64-42-25-43-65(57-29-9-2-10-30-57)81(64)93-76-53-62(87-90-85(60-35-15-5-16-36-60)89-86(91-87)61-37-17-6-18-38-61)49-51-72(76)88-73-52-50-63(92-74-46-22-19-39-68(74)69-40-20-23-47-75(69)92)54-77(73)94(83-80(88)78(93)55-71-70-41-21-24-48-79(70)95-84(71)83)82-66(58-31-11-3-12-32-58)44-26-45-67(82)59-33-13-4-14-34-59/h1-55H. The average molecular weight is 1210 g/mol. The normalized spacial score (nSPS) is 12.4.